The van der Waals surface area contributed by atoms with Gasteiger partial charge in [-0.15, -0.1) is 0 Å². The number of rotatable bonds is 5. The molecular weight excluding hydrogens is 348 g/mol. The van der Waals surface area contributed by atoms with Crippen molar-refractivity contribution in [3.05, 3.63) is 59.7 Å². The van der Waals surface area contributed by atoms with Crippen LogP contribution in [0.2, 0.25) is 0 Å². The van der Waals surface area contributed by atoms with E-state index >= 15 is 0 Å². The highest BCUT2D eigenvalue weighted by atomic mass is 32.2. The number of morpholine rings is 1. The Bertz CT molecular complexity index is 769. The summed E-state index contributed by atoms with van der Waals surface area (Å²) in [6.45, 7) is 3.91. The molecule has 1 amide bonds. The number of amides is 1. The van der Waals surface area contributed by atoms with Crippen molar-refractivity contribution in [2.24, 2.45) is 0 Å². The van der Waals surface area contributed by atoms with Gasteiger partial charge in [-0.25, -0.2) is 0 Å². The Morgan fingerprint density at radius 1 is 1.08 bits per heavy atom. The molecule has 5 nitrogen and oxygen atoms in total. The van der Waals surface area contributed by atoms with Gasteiger partial charge in [-0.1, -0.05) is 12.1 Å². The largest absolute Gasteiger partial charge is 0.378 e. The number of ether oxygens (including phenoxy) is 1. The minimum absolute atomic E-state index is 0.0457. The predicted octanol–water partition coefficient (Wildman–Crippen LogP) is 2.53. The molecule has 0 saturated carbocycles. The fraction of sp³-hybridized carbons (Fsp3) is 0.350. The van der Waals surface area contributed by atoms with Crippen LogP contribution in [-0.4, -0.2) is 54.6 Å². The molecule has 1 unspecified atom stereocenters. The molecule has 1 aliphatic heterocycles. The van der Waals surface area contributed by atoms with E-state index in [1.165, 1.54) is 5.69 Å². The maximum absolute atomic E-state index is 12.6. The maximum Gasteiger partial charge on any atom is 0.253 e. The summed E-state index contributed by atoms with van der Waals surface area (Å²) >= 11 is 0. The van der Waals surface area contributed by atoms with Crippen LogP contribution in [0.15, 0.2) is 53.4 Å². The highest BCUT2D eigenvalue weighted by molar-refractivity contribution is 7.84. The van der Waals surface area contributed by atoms with Crippen LogP contribution >= 0.6 is 0 Å². The van der Waals surface area contributed by atoms with E-state index in [0.29, 0.717) is 12.1 Å². The zero-order valence-corrected chi connectivity index (χ0v) is 16.0. The summed E-state index contributed by atoms with van der Waals surface area (Å²) in [6, 6.07) is 15.3. The number of nitrogens with zero attached hydrogens (tertiary/aromatic N) is 2. The Morgan fingerprint density at radius 2 is 1.69 bits per heavy atom. The lowest BCUT2D eigenvalue weighted by Crippen LogP contribution is -2.36. The van der Waals surface area contributed by atoms with Gasteiger partial charge in [0.1, 0.15) is 0 Å². The molecule has 1 fully saturated rings. The summed E-state index contributed by atoms with van der Waals surface area (Å²) in [5.74, 6) is -0.0457. The quantitative estimate of drug-likeness (QED) is 0.809. The van der Waals surface area contributed by atoms with Gasteiger partial charge in [0.2, 0.25) is 0 Å². The van der Waals surface area contributed by atoms with Crippen LogP contribution < -0.4 is 4.90 Å². The molecule has 1 heterocycles. The molecule has 138 valence electrons. The molecule has 1 aliphatic rings. The normalized spacial score (nSPS) is 15.5. The first kappa shape index (κ1) is 18.6. The fourth-order valence-corrected chi connectivity index (χ4v) is 3.51. The van der Waals surface area contributed by atoms with Gasteiger partial charge in [-0.05, 0) is 42.0 Å². The van der Waals surface area contributed by atoms with Gasteiger partial charge in [0, 0.05) is 59.9 Å². The van der Waals surface area contributed by atoms with Gasteiger partial charge >= 0.3 is 0 Å². The molecule has 2 aromatic carbocycles. The molecule has 0 N–H and O–H groups in total. The predicted molar refractivity (Wildman–Crippen MR) is 104 cm³/mol. The van der Waals surface area contributed by atoms with Gasteiger partial charge < -0.3 is 14.5 Å². The number of carbonyl (C=O) groups excluding carboxylic acids is 1. The molecule has 3 rings (SSSR count). The molecule has 6 heteroatoms. The van der Waals surface area contributed by atoms with Crippen LogP contribution in [0.5, 0.6) is 0 Å². The van der Waals surface area contributed by atoms with Crippen molar-refractivity contribution in [1.82, 2.24) is 4.90 Å². The van der Waals surface area contributed by atoms with E-state index in [1.807, 2.05) is 0 Å². The third kappa shape index (κ3) is 4.51. The van der Waals surface area contributed by atoms with Crippen molar-refractivity contribution in [2.45, 2.75) is 11.4 Å². The second-order valence-electron chi connectivity index (χ2n) is 6.41. The molecule has 0 bridgehead atoms. The van der Waals surface area contributed by atoms with Crippen LogP contribution in [0, 0.1) is 0 Å². The number of carbonyl (C=O) groups is 1. The lowest BCUT2D eigenvalue weighted by Gasteiger charge is -2.29. The fourth-order valence-electron chi connectivity index (χ4n) is 2.99. The van der Waals surface area contributed by atoms with E-state index in [0.717, 1.165) is 36.8 Å². The average Bonchev–Trinajstić information content (AvgIpc) is 2.68. The van der Waals surface area contributed by atoms with E-state index in [2.05, 4.69) is 29.2 Å². The summed E-state index contributed by atoms with van der Waals surface area (Å²) in [5, 5.41) is 0. The SMILES string of the molecule is CN(Cc1ccc(N2CCOCC2)cc1)C(=O)c1ccc(S(C)=O)cc1. The standard InChI is InChI=1S/C20H24N2O3S/c1-21(20(23)17-5-9-19(10-6-17)26(2)24)15-16-3-7-18(8-4-16)22-11-13-25-14-12-22/h3-10H,11-15H2,1-2H3. The summed E-state index contributed by atoms with van der Waals surface area (Å²) in [5.41, 5.74) is 2.88. The monoisotopic (exact) mass is 372 g/mol. The van der Waals surface area contributed by atoms with E-state index in [4.69, 9.17) is 4.74 Å². The Morgan fingerprint density at radius 3 is 2.27 bits per heavy atom. The van der Waals surface area contributed by atoms with E-state index < -0.39 is 10.8 Å². The summed E-state index contributed by atoms with van der Waals surface area (Å²) in [7, 11) is 0.762. The number of hydrogen-bond acceptors (Lipinski definition) is 4. The molecule has 0 aliphatic carbocycles. The van der Waals surface area contributed by atoms with Crippen molar-refractivity contribution < 1.29 is 13.7 Å². The van der Waals surface area contributed by atoms with Crippen LogP contribution in [0.4, 0.5) is 5.69 Å². The third-order valence-electron chi connectivity index (χ3n) is 4.51. The number of benzene rings is 2. The second-order valence-corrected chi connectivity index (χ2v) is 7.79. The van der Waals surface area contributed by atoms with Crippen LogP contribution in [0.25, 0.3) is 0 Å². The topological polar surface area (TPSA) is 49.9 Å². The maximum atomic E-state index is 12.6. The molecule has 1 atom stereocenters. The summed E-state index contributed by atoms with van der Waals surface area (Å²) < 4.78 is 16.8. The van der Waals surface area contributed by atoms with E-state index in [-0.39, 0.29) is 5.91 Å². The minimum atomic E-state index is -1.03. The van der Waals surface area contributed by atoms with Gasteiger partial charge in [-0.2, -0.15) is 0 Å². The van der Waals surface area contributed by atoms with Crippen molar-refractivity contribution in [3.63, 3.8) is 0 Å². The first-order valence-corrected chi connectivity index (χ1v) is 10.2. The molecule has 1 saturated heterocycles. The first-order chi connectivity index (χ1) is 12.5. The molecule has 0 radical (unpaired) electrons. The Balaban J connectivity index is 1.62. The minimum Gasteiger partial charge on any atom is -0.378 e. The second kappa shape index (κ2) is 8.47. The van der Waals surface area contributed by atoms with Crippen molar-refractivity contribution in [2.75, 3.05) is 44.5 Å². The van der Waals surface area contributed by atoms with Gasteiger partial charge in [0.15, 0.2) is 0 Å². The van der Waals surface area contributed by atoms with E-state index in [1.54, 1.807) is 42.5 Å². The lowest BCUT2D eigenvalue weighted by molar-refractivity contribution is 0.0785. The van der Waals surface area contributed by atoms with Crippen molar-refractivity contribution in [3.8, 4) is 0 Å². The van der Waals surface area contributed by atoms with Gasteiger partial charge in [0.05, 0.1) is 13.2 Å². The molecule has 26 heavy (non-hydrogen) atoms. The highest BCUT2D eigenvalue weighted by Crippen LogP contribution is 2.18. The molecular formula is C20H24N2O3S. The molecule has 0 spiro atoms. The smallest absolute Gasteiger partial charge is 0.253 e. The van der Waals surface area contributed by atoms with Crippen molar-refractivity contribution >= 4 is 22.4 Å². The lowest BCUT2D eigenvalue weighted by atomic mass is 10.1. The average molecular weight is 372 g/mol. The van der Waals surface area contributed by atoms with Crippen molar-refractivity contribution in [1.29, 1.82) is 0 Å². The van der Waals surface area contributed by atoms with Crippen LogP contribution in [-0.2, 0) is 22.1 Å². The first-order valence-electron chi connectivity index (χ1n) is 8.65. The summed E-state index contributed by atoms with van der Waals surface area (Å²) in [4.78, 5) is 17.3. The molecule has 0 aromatic heterocycles. The zero-order valence-electron chi connectivity index (χ0n) is 15.2. The zero-order chi connectivity index (χ0) is 18.5. The van der Waals surface area contributed by atoms with Crippen LogP contribution in [0.1, 0.15) is 15.9 Å². The third-order valence-corrected chi connectivity index (χ3v) is 5.45. The van der Waals surface area contributed by atoms with Crippen LogP contribution in [0.3, 0.4) is 0 Å². The van der Waals surface area contributed by atoms with Gasteiger partial charge in [0.25, 0.3) is 5.91 Å². The Labute approximate surface area is 157 Å². The number of hydrogen-bond donors (Lipinski definition) is 0. The van der Waals surface area contributed by atoms with E-state index in [9.17, 15) is 9.00 Å². The summed E-state index contributed by atoms with van der Waals surface area (Å²) in [6.07, 6.45) is 1.63. The number of anilines is 1. The Kier molecular flexibility index (Phi) is 6.06. The highest BCUT2D eigenvalue weighted by Gasteiger charge is 2.14. The Hall–Kier alpha value is -2.18. The van der Waals surface area contributed by atoms with Gasteiger partial charge in [-0.3, -0.25) is 9.00 Å². The molecule has 2 aromatic rings.